The summed E-state index contributed by atoms with van der Waals surface area (Å²) < 4.78 is 33.2. The number of ether oxygens (including phenoxy) is 1. The van der Waals surface area contributed by atoms with Crippen LogP contribution in [0.3, 0.4) is 0 Å². The van der Waals surface area contributed by atoms with Crippen LogP contribution in [0.15, 0.2) is 24.4 Å². The van der Waals surface area contributed by atoms with Crippen LogP contribution < -0.4 is 9.64 Å². The zero-order chi connectivity index (χ0) is 24.8. The maximum Gasteiger partial charge on any atom is 0.219 e. The van der Waals surface area contributed by atoms with Crippen LogP contribution in [0.1, 0.15) is 55.6 Å². The number of anilines is 1. The van der Waals surface area contributed by atoms with Gasteiger partial charge in [-0.2, -0.15) is 5.10 Å². The van der Waals surface area contributed by atoms with Gasteiger partial charge in [-0.25, -0.2) is 18.7 Å². The molecule has 1 saturated carbocycles. The molecule has 2 aliphatic heterocycles. The largest absolute Gasteiger partial charge is 0.487 e. The lowest BCUT2D eigenvalue weighted by Gasteiger charge is -2.35. The number of benzene rings is 1. The summed E-state index contributed by atoms with van der Waals surface area (Å²) in [6, 6.07) is 3.39. The molecular weight excluding hydrogens is 466 g/mol. The molecule has 188 valence electrons. The van der Waals surface area contributed by atoms with Crippen LogP contribution in [-0.2, 0) is 17.8 Å². The Hall–Kier alpha value is -3.56. The Morgan fingerprint density at radius 1 is 1.08 bits per heavy atom. The highest BCUT2D eigenvalue weighted by Gasteiger charge is 2.33. The van der Waals surface area contributed by atoms with Gasteiger partial charge in [0.05, 0.1) is 24.1 Å². The molecule has 6 rings (SSSR count). The van der Waals surface area contributed by atoms with Crippen LogP contribution in [0.25, 0.3) is 11.3 Å². The van der Waals surface area contributed by atoms with Gasteiger partial charge in [0.25, 0.3) is 0 Å². The standard InChI is InChI=1S/C26H28F2N6O2/c1-15(35)34-11-8-21-22(14-34)30-25(19-13-29-32-24(19)16-2-3-16)26(31-21)33-9-6-18(7-10-33)36-23-5-4-17(27)12-20(23)28/h4-5,12-13,16,18H,2-3,6-11,14H2,1H3,(H,29,32). The third kappa shape index (κ3) is 4.40. The van der Waals surface area contributed by atoms with Crippen molar-refractivity contribution in [2.45, 2.75) is 57.6 Å². The molecule has 1 N–H and O–H groups in total. The summed E-state index contributed by atoms with van der Waals surface area (Å²) in [6.07, 6.45) is 5.93. The van der Waals surface area contributed by atoms with Gasteiger partial charge in [0.1, 0.15) is 17.6 Å². The van der Waals surface area contributed by atoms with E-state index in [1.165, 1.54) is 12.1 Å². The molecule has 36 heavy (non-hydrogen) atoms. The molecule has 0 bridgehead atoms. The van der Waals surface area contributed by atoms with Crippen molar-refractivity contribution in [3.63, 3.8) is 0 Å². The normalized spacial score (nSPS) is 18.3. The molecule has 1 amide bonds. The van der Waals surface area contributed by atoms with Crippen molar-refractivity contribution in [1.29, 1.82) is 0 Å². The third-order valence-corrected chi connectivity index (χ3v) is 7.28. The van der Waals surface area contributed by atoms with Crippen molar-refractivity contribution in [3.8, 4) is 17.0 Å². The summed E-state index contributed by atoms with van der Waals surface area (Å²) in [5, 5.41) is 7.48. The van der Waals surface area contributed by atoms with E-state index in [4.69, 9.17) is 14.7 Å². The first-order valence-electron chi connectivity index (χ1n) is 12.5. The summed E-state index contributed by atoms with van der Waals surface area (Å²) in [7, 11) is 0. The molecule has 1 aromatic carbocycles. The van der Waals surface area contributed by atoms with Crippen LogP contribution in [0.4, 0.5) is 14.6 Å². The minimum atomic E-state index is -0.688. The first kappa shape index (κ1) is 22.9. The Balaban J connectivity index is 1.27. The second-order valence-electron chi connectivity index (χ2n) is 9.83. The lowest BCUT2D eigenvalue weighted by atomic mass is 10.0. The molecule has 1 saturated heterocycles. The number of nitrogens with zero attached hydrogens (tertiary/aromatic N) is 5. The molecule has 3 aromatic rings. The highest BCUT2D eigenvalue weighted by molar-refractivity contribution is 5.76. The maximum absolute atomic E-state index is 14.1. The number of nitrogens with one attached hydrogen (secondary N) is 1. The second kappa shape index (κ2) is 9.15. The van der Waals surface area contributed by atoms with Crippen molar-refractivity contribution in [3.05, 3.63) is 53.1 Å². The van der Waals surface area contributed by atoms with E-state index in [1.807, 2.05) is 6.20 Å². The molecule has 1 aliphatic carbocycles. The average Bonchev–Trinajstić information content (AvgIpc) is 3.61. The van der Waals surface area contributed by atoms with Crippen LogP contribution in [0.2, 0.25) is 0 Å². The van der Waals surface area contributed by atoms with Gasteiger partial charge in [0.2, 0.25) is 5.91 Å². The fourth-order valence-corrected chi connectivity index (χ4v) is 5.10. The van der Waals surface area contributed by atoms with Crippen molar-refractivity contribution in [2.75, 3.05) is 24.5 Å². The number of carbonyl (C=O) groups is 1. The summed E-state index contributed by atoms with van der Waals surface area (Å²) in [4.78, 5) is 26.1. The quantitative estimate of drug-likeness (QED) is 0.578. The molecule has 0 unspecified atom stereocenters. The predicted octanol–water partition coefficient (Wildman–Crippen LogP) is 3.97. The topological polar surface area (TPSA) is 87.2 Å². The number of carbonyl (C=O) groups excluding carboxylic acids is 1. The zero-order valence-electron chi connectivity index (χ0n) is 20.1. The molecule has 4 heterocycles. The third-order valence-electron chi connectivity index (χ3n) is 7.28. The molecule has 0 radical (unpaired) electrons. The Bertz CT molecular complexity index is 1300. The summed E-state index contributed by atoms with van der Waals surface area (Å²) in [5.41, 5.74) is 4.61. The summed E-state index contributed by atoms with van der Waals surface area (Å²) in [5.74, 6) is 0.0876. The Morgan fingerprint density at radius 3 is 2.61 bits per heavy atom. The molecule has 0 spiro atoms. The number of amides is 1. The molecule has 8 nitrogen and oxygen atoms in total. The maximum atomic E-state index is 14.1. The van der Waals surface area contributed by atoms with E-state index in [1.54, 1.807) is 11.8 Å². The fraction of sp³-hybridized carbons (Fsp3) is 0.462. The highest BCUT2D eigenvalue weighted by atomic mass is 19.1. The number of fused-ring (bicyclic) bond motifs is 1. The number of halogens is 2. The number of H-pyrrole nitrogens is 1. The Labute approximate surface area is 207 Å². The van der Waals surface area contributed by atoms with Crippen LogP contribution in [0, 0.1) is 11.6 Å². The van der Waals surface area contributed by atoms with Gasteiger partial charge in [0, 0.05) is 69.1 Å². The van der Waals surface area contributed by atoms with Gasteiger partial charge in [0.15, 0.2) is 17.4 Å². The van der Waals surface area contributed by atoms with Crippen LogP contribution in [0.5, 0.6) is 5.75 Å². The Morgan fingerprint density at radius 2 is 1.89 bits per heavy atom. The van der Waals surface area contributed by atoms with Crippen molar-refractivity contribution >= 4 is 11.7 Å². The van der Waals surface area contributed by atoms with E-state index in [0.29, 0.717) is 51.4 Å². The molecule has 0 atom stereocenters. The summed E-state index contributed by atoms with van der Waals surface area (Å²) >= 11 is 0. The van der Waals surface area contributed by atoms with E-state index < -0.39 is 11.6 Å². The van der Waals surface area contributed by atoms with Gasteiger partial charge in [-0.05, 0) is 25.0 Å². The predicted molar refractivity (Wildman–Crippen MR) is 129 cm³/mol. The van der Waals surface area contributed by atoms with Crippen LogP contribution >= 0.6 is 0 Å². The average molecular weight is 495 g/mol. The van der Waals surface area contributed by atoms with Crippen LogP contribution in [-0.4, -0.2) is 56.7 Å². The number of rotatable bonds is 5. The number of aromatic amines is 1. The molecular formula is C26H28F2N6O2. The van der Waals surface area contributed by atoms with Crippen molar-refractivity contribution in [1.82, 2.24) is 25.1 Å². The zero-order valence-corrected chi connectivity index (χ0v) is 20.1. The first-order valence-corrected chi connectivity index (χ1v) is 12.5. The van der Waals surface area contributed by atoms with E-state index >= 15 is 0 Å². The van der Waals surface area contributed by atoms with E-state index in [-0.39, 0.29) is 17.8 Å². The first-order chi connectivity index (χ1) is 17.5. The number of hydrogen-bond donors (Lipinski definition) is 1. The number of piperidine rings is 1. The molecule has 10 heteroatoms. The van der Waals surface area contributed by atoms with Gasteiger partial charge in [-0.1, -0.05) is 0 Å². The number of hydrogen-bond acceptors (Lipinski definition) is 6. The lowest BCUT2D eigenvalue weighted by molar-refractivity contribution is -0.129. The van der Waals surface area contributed by atoms with E-state index in [0.717, 1.165) is 53.1 Å². The minimum absolute atomic E-state index is 0.0368. The second-order valence-corrected chi connectivity index (χ2v) is 9.83. The lowest BCUT2D eigenvalue weighted by Crippen LogP contribution is -2.40. The smallest absolute Gasteiger partial charge is 0.219 e. The molecule has 2 aromatic heterocycles. The van der Waals surface area contributed by atoms with Gasteiger partial charge in [-0.15, -0.1) is 0 Å². The van der Waals surface area contributed by atoms with Gasteiger partial charge in [-0.3, -0.25) is 9.89 Å². The molecule has 3 aliphatic rings. The fourth-order valence-electron chi connectivity index (χ4n) is 5.10. The monoisotopic (exact) mass is 494 g/mol. The van der Waals surface area contributed by atoms with E-state index in [2.05, 4.69) is 15.1 Å². The highest BCUT2D eigenvalue weighted by Crippen LogP contribution is 2.44. The van der Waals surface area contributed by atoms with Crippen molar-refractivity contribution in [2.24, 2.45) is 0 Å². The van der Waals surface area contributed by atoms with Gasteiger partial charge >= 0.3 is 0 Å². The molecule has 2 fully saturated rings. The van der Waals surface area contributed by atoms with Gasteiger partial charge < -0.3 is 14.5 Å². The van der Waals surface area contributed by atoms with E-state index in [9.17, 15) is 13.6 Å². The van der Waals surface area contributed by atoms with Crippen molar-refractivity contribution < 1.29 is 18.3 Å². The SMILES string of the molecule is CC(=O)N1CCc2nc(N3CCC(Oc4ccc(F)cc4F)CC3)c(-c3cn[nH]c3C3CC3)nc2C1. The minimum Gasteiger partial charge on any atom is -0.487 e. The Kier molecular flexibility index (Phi) is 5.81. The summed E-state index contributed by atoms with van der Waals surface area (Å²) in [6.45, 7) is 4.02. The number of aromatic nitrogens is 4.